The van der Waals surface area contributed by atoms with Gasteiger partial charge in [0, 0.05) is 38.8 Å². The van der Waals surface area contributed by atoms with Gasteiger partial charge in [0.2, 0.25) is 0 Å². The highest BCUT2D eigenvalue weighted by Gasteiger charge is 2.34. The SMILES string of the molecule is COCCn1c(=O)n(C2CC(OC)C2)c(=O)c2c(C)c(CN3CCN=C3NCOC)sc21. The van der Waals surface area contributed by atoms with E-state index in [0.29, 0.717) is 56.0 Å². The van der Waals surface area contributed by atoms with E-state index in [1.165, 1.54) is 15.9 Å². The number of aliphatic imine (C=N–C) groups is 1. The molecule has 1 aliphatic heterocycles. The van der Waals surface area contributed by atoms with E-state index in [1.807, 2.05) is 6.92 Å². The molecule has 176 valence electrons. The second-order valence-electron chi connectivity index (χ2n) is 8.15. The van der Waals surface area contributed by atoms with E-state index >= 15 is 0 Å². The summed E-state index contributed by atoms with van der Waals surface area (Å²) in [6.45, 7) is 5.27. The molecule has 11 heteroatoms. The lowest BCUT2D eigenvalue weighted by molar-refractivity contribution is 0.00357. The van der Waals surface area contributed by atoms with Crippen molar-refractivity contribution in [2.75, 3.05) is 47.8 Å². The van der Waals surface area contributed by atoms with Crippen LogP contribution < -0.4 is 16.6 Å². The molecule has 0 spiro atoms. The molecule has 2 aromatic heterocycles. The summed E-state index contributed by atoms with van der Waals surface area (Å²) >= 11 is 1.51. The van der Waals surface area contributed by atoms with Gasteiger partial charge in [-0.1, -0.05) is 0 Å². The fourth-order valence-electron chi connectivity index (χ4n) is 4.32. The zero-order valence-corrected chi connectivity index (χ0v) is 19.9. The van der Waals surface area contributed by atoms with Crippen LogP contribution >= 0.6 is 11.3 Å². The van der Waals surface area contributed by atoms with E-state index in [-0.39, 0.29) is 23.4 Å². The monoisotopic (exact) mass is 465 g/mol. The van der Waals surface area contributed by atoms with Gasteiger partial charge in [0.05, 0.1) is 37.7 Å². The molecule has 3 heterocycles. The first-order valence-corrected chi connectivity index (χ1v) is 11.6. The maximum atomic E-state index is 13.5. The van der Waals surface area contributed by atoms with Gasteiger partial charge in [0.15, 0.2) is 5.96 Å². The number of hydrogen-bond donors (Lipinski definition) is 1. The molecule has 1 N–H and O–H groups in total. The first-order chi connectivity index (χ1) is 15.5. The number of methoxy groups -OCH3 is 3. The van der Waals surface area contributed by atoms with Crippen LogP contribution in [0.4, 0.5) is 0 Å². The molecule has 10 nitrogen and oxygen atoms in total. The quantitative estimate of drug-likeness (QED) is 0.549. The van der Waals surface area contributed by atoms with Gasteiger partial charge in [-0.05, 0) is 25.3 Å². The van der Waals surface area contributed by atoms with Crippen molar-refractivity contribution in [2.45, 2.75) is 45.0 Å². The van der Waals surface area contributed by atoms with Gasteiger partial charge >= 0.3 is 5.69 Å². The van der Waals surface area contributed by atoms with Crippen molar-refractivity contribution in [1.82, 2.24) is 19.4 Å². The summed E-state index contributed by atoms with van der Waals surface area (Å²) in [4.78, 5) is 35.3. The van der Waals surface area contributed by atoms with Crippen molar-refractivity contribution in [3.63, 3.8) is 0 Å². The summed E-state index contributed by atoms with van der Waals surface area (Å²) in [6.07, 6.45) is 1.45. The molecule has 32 heavy (non-hydrogen) atoms. The van der Waals surface area contributed by atoms with Crippen LogP contribution in [0.1, 0.15) is 29.3 Å². The smallest absolute Gasteiger partial charge is 0.332 e. The van der Waals surface area contributed by atoms with Gasteiger partial charge in [-0.2, -0.15) is 0 Å². The van der Waals surface area contributed by atoms with Crippen LogP contribution in [0.2, 0.25) is 0 Å². The van der Waals surface area contributed by atoms with Gasteiger partial charge in [-0.15, -0.1) is 11.3 Å². The van der Waals surface area contributed by atoms with Gasteiger partial charge in [-0.3, -0.25) is 18.9 Å². The van der Waals surface area contributed by atoms with Crippen LogP contribution in [0.15, 0.2) is 14.6 Å². The van der Waals surface area contributed by atoms with Crippen LogP contribution in [0, 0.1) is 6.92 Å². The molecule has 2 aromatic rings. The molecular formula is C21H31N5O5S. The van der Waals surface area contributed by atoms with E-state index in [4.69, 9.17) is 14.2 Å². The summed E-state index contributed by atoms with van der Waals surface area (Å²) < 4.78 is 18.8. The fraction of sp³-hybridized carbons (Fsp3) is 0.667. The van der Waals surface area contributed by atoms with Crippen molar-refractivity contribution in [2.24, 2.45) is 4.99 Å². The number of fused-ring (bicyclic) bond motifs is 1. The van der Waals surface area contributed by atoms with Crippen molar-refractivity contribution < 1.29 is 14.2 Å². The van der Waals surface area contributed by atoms with E-state index < -0.39 is 0 Å². The Morgan fingerprint density at radius 2 is 1.97 bits per heavy atom. The largest absolute Gasteiger partial charge is 0.383 e. The molecule has 2 aliphatic rings. The van der Waals surface area contributed by atoms with E-state index in [2.05, 4.69) is 15.2 Å². The molecule has 1 saturated carbocycles. The minimum Gasteiger partial charge on any atom is -0.383 e. The Labute approximate surface area is 190 Å². The maximum Gasteiger partial charge on any atom is 0.332 e. The first kappa shape index (κ1) is 23.0. The molecule has 0 aromatic carbocycles. The Morgan fingerprint density at radius 3 is 2.66 bits per heavy atom. The third kappa shape index (κ3) is 4.09. The Kier molecular flexibility index (Phi) is 6.99. The molecule has 0 radical (unpaired) electrons. The zero-order chi connectivity index (χ0) is 22.8. The minimum absolute atomic E-state index is 0.0982. The lowest BCUT2D eigenvalue weighted by Crippen LogP contribution is -2.47. The molecule has 1 aliphatic carbocycles. The van der Waals surface area contributed by atoms with Crippen molar-refractivity contribution >= 4 is 27.5 Å². The summed E-state index contributed by atoms with van der Waals surface area (Å²) in [6, 6.07) is -0.128. The van der Waals surface area contributed by atoms with Crippen LogP contribution in [-0.2, 0) is 27.3 Å². The lowest BCUT2D eigenvalue weighted by atomic mass is 9.89. The van der Waals surface area contributed by atoms with Gasteiger partial charge in [-0.25, -0.2) is 4.79 Å². The summed E-state index contributed by atoms with van der Waals surface area (Å²) in [5.74, 6) is 0.790. The molecule has 0 amide bonds. The van der Waals surface area contributed by atoms with Gasteiger partial charge in [0.25, 0.3) is 5.56 Å². The van der Waals surface area contributed by atoms with Gasteiger partial charge in [0.1, 0.15) is 11.6 Å². The number of nitrogens with one attached hydrogen (secondary N) is 1. The third-order valence-corrected chi connectivity index (χ3v) is 7.57. The molecule has 1 fully saturated rings. The number of rotatable bonds is 9. The van der Waals surface area contributed by atoms with E-state index in [1.54, 1.807) is 25.9 Å². The second-order valence-corrected chi connectivity index (χ2v) is 9.24. The number of ether oxygens (including phenoxy) is 3. The highest BCUT2D eigenvalue weighted by Crippen LogP contribution is 2.34. The standard InChI is InChI=1S/C21H31N5O5S/c1-13-16(11-24-6-5-22-20(24)23-12-30-3)32-19-17(13)18(27)26(14-9-15(10-14)31-4)21(28)25(19)7-8-29-2/h14-15H,5-12H2,1-4H3,(H,22,23). The topological polar surface area (TPSA) is 99.3 Å². The predicted octanol–water partition coefficient (Wildman–Crippen LogP) is 0.895. The Morgan fingerprint density at radius 1 is 1.19 bits per heavy atom. The molecule has 0 bridgehead atoms. The number of hydrogen-bond acceptors (Lipinski definition) is 9. The average Bonchev–Trinajstić information content (AvgIpc) is 3.32. The third-order valence-electron chi connectivity index (χ3n) is 6.27. The highest BCUT2D eigenvalue weighted by atomic mass is 32.1. The first-order valence-electron chi connectivity index (χ1n) is 10.8. The number of nitrogens with zero attached hydrogens (tertiary/aromatic N) is 4. The van der Waals surface area contributed by atoms with Crippen LogP contribution in [-0.4, -0.2) is 73.9 Å². The Hall–Kier alpha value is -2.21. The Balaban J connectivity index is 1.75. The van der Waals surface area contributed by atoms with E-state index in [0.717, 1.165) is 22.9 Å². The second kappa shape index (κ2) is 9.74. The summed E-state index contributed by atoms with van der Waals surface area (Å²) in [5.41, 5.74) is 0.457. The van der Waals surface area contributed by atoms with Crippen molar-refractivity contribution in [1.29, 1.82) is 0 Å². The van der Waals surface area contributed by atoms with Gasteiger partial charge < -0.3 is 24.4 Å². The van der Waals surface area contributed by atoms with Crippen LogP contribution in [0.25, 0.3) is 10.2 Å². The summed E-state index contributed by atoms with van der Waals surface area (Å²) in [7, 11) is 4.90. The number of aromatic nitrogens is 2. The molecule has 4 rings (SSSR count). The average molecular weight is 466 g/mol. The van der Waals surface area contributed by atoms with Crippen LogP contribution in [0.3, 0.4) is 0 Å². The number of thiophene rings is 1. The predicted molar refractivity (Wildman–Crippen MR) is 124 cm³/mol. The minimum atomic E-state index is -0.267. The van der Waals surface area contributed by atoms with E-state index in [9.17, 15) is 9.59 Å². The lowest BCUT2D eigenvalue weighted by Gasteiger charge is -2.35. The number of aryl methyl sites for hydroxylation is 1. The Bertz CT molecular complexity index is 1110. The van der Waals surface area contributed by atoms with Crippen molar-refractivity contribution in [3.8, 4) is 0 Å². The van der Waals surface area contributed by atoms with Crippen LogP contribution in [0.5, 0.6) is 0 Å². The molecule has 0 saturated heterocycles. The fourth-order valence-corrected chi connectivity index (χ4v) is 5.65. The molecule has 0 unspecified atom stereocenters. The molecule has 0 atom stereocenters. The van der Waals surface area contributed by atoms with Crippen molar-refractivity contribution in [3.05, 3.63) is 31.3 Å². The normalized spacial score (nSPS) is 20.6. The number of guanidine groups is 1. The summed E-state index contributed by atoms with van der Waals surface area (Å²) in [5, 5.41) is 3.80. The maximum absolute atomic E-state index is 13.5. The molecular weight excluding hydrogens is 434 g/mol. The highest BCUT2D eigenvalue weighted by molar-refractivity contribution is 7.18. The zero-order valence-electron chi connectivity index (χ0n) is 19.0.